The van der Waals surface area contributed by atoms with E-state index in [1.165, 1.54) is 11.4 Å². The van der Waals surface area contributed by atoms with Crippen LogP contribution in [0.1, 0.15) is 24.2 Å². The fraction of sp³-hybridized carbons (Fsp3) is 0.750. The zero-order chi connectivity index (χ0) is 14.4. The maximum Gasteiger partial charge on any atom is 0.246 e. The Morgan fingerprint density at radius 1 is 1.47 bits per heavy atom. The number of hydrogen-bond donors (Lipinski definition) is 1. The minimum absolute atomic E-state index is 0.140. The summed E-state index contributed by atoms with van der Waals surface area (Å²) < 4.78 is 27.8. The van der Waals surface area contributed by atoms with Crippen LogP contribution in [0.15, 0.2) is 4.90 Å². The van der Waals surface area contributed by atoms with Crippen LogP contribution in [0.3, 0.4) is 0 Å². The zero-order valence-corrected chi connectivity index (χ0v) is 12.6. The molecule has 1 aromatic rings. The van der Waals surface area contributed by atoms with Crippen LogP contribution in [0, 0.1) is 19.8 Å². The van der Waals surface area contributed by atoms with E-state index in [1.54, 1.807) is 25.6 Å². The van der Waals surface area contributed by atoms with Gasteiger partial charge in [-0.3, -0.25) is 4.68 Å². The molecule has 6 nitrogen and oxygen atoms in total. The van der Waals surface area contributed by atoms with E-state index in [1.807, 2.05) is 0 Å². The standard InChI is InChI=1S/C12H21N3O3S/c1-8-12(9(2)15(4)13-8)19(17,18)14(3)7-11(16)10-5-6-10/h10-11,16H,5-7H2,1-4H3. The molecule has 7 heteroatoms. The summed E-state index contributed by atoms with van der Waals surface area (Å²) >= 11 is 0. The molecule has 0 radical (unpaired) electrons. The Balaban J connectivity index is 2.25. The highest BCUT2D eigenvalue weighted by Crippen LogP contribution is 2.33. The highest BCUT2D eigenvalue weighted by molar-refractivity contribution is 7.89. The first-order valence-electron chi connectivity index (χ1n) is 6.39. The van der Waals surface area contributed by atoms with Gasteiger partial charge in [-0.1, -0.05) is 0 Å². The van der Waals surface area contributed by atoms with Crippen molar-refractivity contribution in [1.29, 1.82) is 0 Å². The van der Waals surface area contributed by atoms with E-state index < -0.39 is 16.1 Å². The fourth-order valence-electron chi connectivity index (χ4n) is 2.27. The number of sulfonamides is 1. The SMILES string of the molecule is Cc1nn(C)c(C)c1S(=O)(=O)N(C)CC(O)C1CC1. The molecule has 1 aliphatic carbocycles. The van der Waals surface area contributed by atoms with Gasteiger partial charge in [-0.25, -0.2) is 8.42 Å². The van der Waals surface area contributed by atoms with Crippen LogP contribution >= 0.6 is 0 Å². The van der Waals surface area contributed by atoms with Crippen molar-refractivity contribution in [3.8, 4) is 0 Å². The predicted molar refractivity (Wildman–Crippen MR) is 71.2 cm³/mol. The second-order valence-electron chi connectivity index (χ2n) is 5.31. The van der Waals surface area contributed by atoms with Crippen LogP contribution in [-0.2, 0) is 17.1 Å². The van der Waals surface area contributed by atoms with Gasteiger partial charge in [-0.15, -0.1) is 0 Å². The van der Waals surface area contributed by atoms with Crippen molar-refractivity contribution in [2.75, 3.05) is 13.6 Å². The second-order valence-corrected chi connectivity index (χ2v) is 7.30. The van der Waals surface area contributed by atoms with Gasteiger partial charge in [0, 0.05) is 20.6 Å². The third-order valence-corrected chi connectivity index (χ3v) is 5.80. The number of aromatic nitrogens is 2. The fourth-order valence-corrected chi connectivity index (χ4v) is 3.86. The maximum absolute atomic E-state index is 12.5. The van der Waals surface area contributed by atoms with Gasteiger partial charge in [0.2, 0.25) is 10.0 Å². The van der Waals surface area contributed by atoms with Crippen molar-refractivity contribution >= 4 is 10.0 Å². The molecule has 1 heterocycles. The molecule has 19 heavy (non-hydrogen) atoms. The Bertz CT molecular complexity index is 575. The van der Waals surface area contributed by atoms with Crippen LogP contribution in [0.25, 0.3) is 0 Å². The maximum atomic E-state index is 12.5. The Hall–Kier alpha value is -0.920. The van der Waals surface area contributed by atoms with Crippen molar-refractivity contribution in [2.45, 2.75) is 37.7 Å². The summed E-state index contributed by atoms with van der Waals surface area (Å²) in [5.74, 6) is 0.258. The quantitative estimate of drug-likeness (QED) is 0.852. The molecule has 1 saturated carbocycles. The largest absolute Gasteiger partial charge is 0.391 e. The van der Waals surface area contributed by atoms with E-state index in [4.69, 9.17) is 0 Å². The van der Waals surface area contributed by atoms with Crippen LogP contribution in [0.2, 0.25) is 0 Å². The lowest BCUT2D eigenvalue weighted by molar-refractivity contribution is 0.131. The predicted octanol–water partition coefficient (Wildman–Crippen LogP) is 0.428. The van der Waals surface area contributed by atoms with Crippen molar-refractivity contribution in [3.63, 3.8) is 0 Å². The summed E-state index contributed by atoms with van der Waals surface area (Å²) in [6, 6.07) is 0. The number of nitrogens with zero attached hydrogens (tertiary/aromatic N) is 3. The number of aliphatic hydroxyl groups is 1. The topological polar surface area (TPSA) is 75.4 Å². The van der Waals surface area contributed by atoms with Crippen molar-refractivity contribution in [3.05, 3.63) is 11.4 Å². The first kappa shape index (κ1) is 14.5. The first-order valence-corrected chi connectivity index (χ1v) is 7.83. The van der Waals surface area contributed by atoms with Gasteiger partial charge in [0.25, 0.3) is 0 Å². The van der Waals surface area contributed by atoms with Gasteiger partial charge in [0.1, 0.15) is 4.90 Å². The molecule has 1 atom stereocenters. The average Bonchev–Trinajstić information content (AvgIpc) is 3.08. The molecule has 0 bridgehead atoms. The van der Waals surface area contributed by atoms with E-state index in [9.17, 15) is 13.5 Å². The lowest BCUT2D eigenvalue weighted by Gasteiger charge is -2.20. The third kappa shape index (κ3) is 2.68. The molecule has 108 valence electrons. The monoisotopic (exact) mass is 287 g/mol. The molecular weight excluding hydrogens is 266 g/mol. The van der Waals surface area contributed by atoms with E-state index >= 15 is 0 Å². The number of aryl methyl sites for hydroxylation is 2. The normalized spacial score (nSPS) is 18.0. The summed E-state index contributed by atoms with van der Waals surface area (Å²) in [4.78, 5) is 0.250. The Labute approximate surface area is 114 Å². The number of aliphatic hydroxyl groups excluding tert-OH is 1. The van der Waals surface area contributed by atoms with Crippen molar-refractivity contribution in [1.82, 2.24) is 14.1 Å². The Morgan fingerprint density at radius 3 is 2.47 bits per heavy atom. The molecular formula is C12H21N3O3S. The van der Waals surface area contributed by atoms with Gasteiger partial charge < -0.3 is 5.11 Å². The minimum Gasteiger partial charge on any atom is -0.391 e. The smallest absolute Gasteiger partial charge is 0.246 e. The van der Waals surface area contributed by atoms with Crippen LogP contribution < -0.4 is 0 Å². The summed E-state index contributed by atoms with van der Waals surface area (Å²) in [7, 11) is -0.361. The van der Waals surface area contributed by atoms with Crippen LogP contribution in [-0.4, -0.2) is 47.3 Å². The molecule has 1 aromatic heterocycles. The molecule has 0 spiro atoms. The number of hydrogen-bond acceptors (Lipinski definition) is 4. The lowest BCUT2D eigenvalue weighted by Crippen LogP contribution is -2.35. The molecule has 0 aliphatic heterocycles. The van der Waals surface area contributed by atoms with E-state index in [-0.39, 0.29) is 17.4 Å². The summed E-state index contributed by atoms with van der Waals surface area (Å²) in [6.45, 7) is 3.56. The van der Waals surface area contributed by atoms with E-state index in [2.05, 4.69) is 5.10 Å². The van der Waals surface area contributed by atoms with Gasteiger partial charge >= 0.3 is 0 Å². The van der Waals surface area contributed by atoms with Gasteiger partial charge in [-0.2, -0.15) is 9.40 Å². The molecule has 1 aliphatic rings. The lowest BCUT2D eigenvalue weighted by atomic mass is 10.2. The molecule has 1 fully saturated rings. The second kappa shape index (κ2) is 4.88. The summed E-state index contributed by atoms with van der Waals surface area (Å²) in [5.41, 5.74) is 1.11. The van der Waals surface area contributed by atoms with E-state index in [0.29, 0.717) is 11.4 Å². The molecule has 1 unspecified atom stereocenters. The number of likely N-dealkylation sites (N-methyl/N-ethyl adjacent to an activating group) is 1. The highest BCUT2D eigenvalue weighted by atomic mass is 32.2. The summed E-state index contributed by atoms with van der Waals surface area (Å²) in [5, 5.41) is 14.0. The number of rotatable bonds is 5. The van der Waals surface area contributed by atoms with Gasteiger partial charge in [0.05, 0.1) is 17.5 Å². The molecule has 0 saturated heterocycles. The minimum atomic E-state index is -3.59. The van der Waals surface area contributed by atoms with Crippen molar-refractivity contribution in [2.24, 2.45) is 13.0 Å². The third-order valence-electron chi connectivity index (χ3n) is 3.72. The highest BCUT2D eigenvalue weighted by Gasteiger charge is 2.34. The molecule has 2 rings (SSSR count). The van der Waals surface area contributed by atoms with Crippen LogP contribution in [0.5, 0.6) is 0 Å². The summed E-state index contributed by atoms with van der Waals surface area (Å²) in [6.07, 6.45) is 1.40. The average molecular weight is 287 g/mol. The Morgan fingerprint density at radius 2 is 2.05 bits per heavy atom. The Kier molecular flexibility index (Phi) is 3.72. The first-order chi connectivity index (χ1) is 8.75. The molecule has 0 amide bonds. The van der Waals surface area contributed by atoms with Gasteiger partial charge in [0.15, 0.2) is 0 Å². The molecule has 1 N–H and O–H groups in total. The van der Waals surface area contributed by atoms with Crippen LogP contribution in [0.4, 0.5) is 0 Å². The van der Waals surface area contributed by atoms with E-state index in [0.717, 1.165) is 12.8 Å². The zero-order valence-electron chi connectivity index (χ0n) is 11.8. The molecule has 0 aromatic carbocycles. The van der Waals surface area contributed by atoms with Crippen molar-refractivity contribution < 1.29 is 13.5 Å². The van der Waals surface area contributed by atoms with Gasteiger partial charge in [-0.05, 0) is 32.6 Å².